The monoisotopic (exact) mass is 588 g/mol. The standard InChI is InChI=1S/C27H22Cl2N2O7S/c1-39(36,37)19-4-2-3-15(9-19)10-22(27(34)35)31-26(33)24-20(28)12-18(13-21(24)29)25(32)30-14-16-5-6-17-7-8-38-23(17)11-16/h2-9,11-13,22H,10,14H2,1H3,(H,30,32)(H,31,33)(H,34,35). The minimum atomic E-state index is -3.50. The first-order valence-corrected chi connectivity index (χ1v) is 14.1. The lowest BCUT2D eigenvalue weighted by Gasteiger charge is -2.17. The molecule has 1 aromatic heterocycles. The molecule has 2 amide bonds. The number of hydrogen-bond acceptors (Lipinski definition) is 6. The van der Waals surface area contributed by atoms with E-state index in [9.17, 15) is 27.9 Å². The number of furan rings is 1. The van der Waals surface area contributed by atoms with E-state index in [0.29, 0.717) is 11.1 Å². The minimum absolute atomic E-state index is 0.0249. The predicted octanol–water partition coefficient (Wildman–Crippen LogP) is 4.50. The molecule has 1 atom stereocenters. The molecular weight excluding hydrogens is 567 g/mol. The summed E-state index contributed by atoms with van der Waals surface area (Å²) in [5, 5.41) is 15.4. The van der Waals surface area contributed by atoms with Crippen molar-refractivity contribution in [1.29, 1.82) is 0 Å². The number of aliphatic carboxylic acids is 1. The molecule has 0 bridgehead atoms. The maximum Gasteiger partial charge on any atom is 0.326 e. The molecule has 1 unspecified atom stereocenters. The molecule has 0 aliphatic rings. The van der Waals surface area contributed by atoms with E-state index in [-0.39, 0.29) is 39.0 Å². The minimum Gasteiger partial charge on any atom is -0.480 e. The van der Waals surface area contributed by atoms with E-state index in [2.05, 4.69) is 10.6 Å². The summed E-state index contributed by atoms with van der Waals surface area (Å²) in [6, 6.07) is 14.2. The van der Waals surface area contributed by atoms with Crippen LogP contribution in [-0.2, 0) is 27.6 Å². The van der Waals surface area contributed by atoms with Gasteiger partial charge in [-0.3, -0.25) is 9.59 Å². The largest absolute Gasteiger partial charge is 0.480 e. The SMILES string of the molecule is CS(=O)(=O)c1cccc(CC(NC(=O)c2c(Cl)cc(C(=O)NCc3ccc4ccoc4c3)cc2Cl)C(=O)O)c1. The smallest absolute Gasteiger partial charge is 0.326 e. The number of sulfone groups is 1. The molecule has 1 heterocycles. The van der Waals surface area contributed by atoms with Gasteiger partial charge < -0.3 is 20.2 Å². The molecule has 12 heteroatoms. The normalized spacial score (nSPS) is 12.2. The second-order valence-electron chi connectivity index (χ2n) is 8.78. The number of carbonyl (C=O) groups excluding carboxylic acids is 2. The maximum absolute atomic E-state index is 12.9. The Morgan fingerprint density at radius 2 is 1.67 bits per heavy atom. The molecular formula is C27H22Cl2N2O7S. The molecule has 0 saturated heterocycles. The van der Waals surface area contributed by atoms with Crippen LogP contribution in [0.15, 0.2) is 76.2 Å². The van der Waals surface area contributed by atoms with Crippen LogP contribution in [0.1, 0.15) is 31.8 Å². The van der Waals surface area contributed by atoms with Crippen molar-refractivity contribution in [3.63, 3.8) is 0 Å². The quantitative estimate of drug-likeness (QED) is 0.261. The zero-order valence-corrected chi connectivity index (χ0v) is 22.7. The third kappa shape index (κ3) is 6.78. The molecule has 9 nitrogen and oxygen atoms in total. The summed E-state index contributed by atoms with van der Waals surface area (Å²) in [7, 11) is -3.50. The van der Waals surface area contributed by atoms with Crippen molar-refractivity contribution in [1.82, 2.24) is 10.6 Å². The fourth-order valence-electron chi connectivity index (χ4n) is 3.88. The number of halogens is 2. The Labute approximate surface area is 233 Å². The lowest BCUT2D eigenvalue weighted by Crippen LogP contribution is -2.42. The van der Waals surface area contributed by atoms with Crippen LogP contribution in [0.25, 0.3) is 11.0 Å². The first-order chi connectivity index (χ1) is 18.4. The average molecular weight is 589 g/mol. The second-order valence-corrected chi connectivity index (χ2v) is 11.6. The molecule has 0 aliphatic heterocycles. The van der Waals surface area contributed by atoms with Gasteiger partial charge in [-0.25, -0.2) is 13.2 Å². The Hall–Kier alpha value is -3.86. The number of carboxylic acids is 1. The van der Waals surface area contributed by atoms with Crippen LogP contribution >= 0.6 is 23.2 Å². The van der Waals surface area contributed by atoms with Crippen LogP contribution in [0.2, 0.25) is 10.0 Å². The highest BCUT2D eigenvalue weighted by molar-refractivity contribution is 7.90. The molecule has 0 spiro atoms. The number of fused-ring (bicyclic) bond motifs is 1. The Morgan fingerprint density at radius 1 is 0.949 bits per heavy atom. The number of benzene rings is 3. The van der Waals surface area contributed by atoms with E-state index < -0.39 is 33.7 Å². The summed E-state index contributed by atoms with van der Waals surface area (Å²) < 4.78 is 29.0. The third-order valence-corrected chi connectivity index (χ3v) is 7.58. The van der Waals surface area contributed by atoms with Crippen molar-refractivity contribution >= 4 is 61.8 Å². The van der Waals surface area contributed by atoms with Crippen LogP contribution < -0.4 is 10.6 Å². The van der Waals surface area contributed by atoms with Gasteiger partial charge >= 0.3 is 5.97 Å². The highest BCUT2D eigenvalue weighted by Crippen LogP contribution is 2.27. The van der Waals surface area contributed by atoms with Gasteiger partial charge in [-0.15, -0.1) is 0 Å². The summed E-state index contributed by atoms with van der Waals surface area (Å²) in [6.45, 7) is 0.202. The van der Waals surface area contributed by atoms with E-state index in [0.717, 1.165) is 17.2 Å². The van der Waals surface area contributed by atoms with Gasteiger partial charge in [0.1, 0.15) is 11.6 Å². The van der Waals surface area contributed by atoms with Crippen molar-refractivity contribution in [3.05, 3.63) is 99.2 Å². The van der Waals surface area contributed by atoms with Crippen LogP contribution in [0, 0.1) is 0 Å². The third-order valence-electron chi connectivity index (χ3n) is 5.87. The van der Waals surface area contributed by atoms with E-state index >= 15 is 0 Å². The van der Waals surface area contributed by atoms with Crippen molar-refractivity contribution in [2.24, 2.45) is 0 Å². The molecule has 0 fully saturated rings. The van der Waals surface area contributed by atoms with Gasteiger partial charge in [-0.2, -0.15) is 0 Å². The lowest BCUT2D eigenvalue weighted by molar-refractivity contribution is -0.139. The van der Waals surface area contributed by atoms with E-state index in [1.165, 1.54) is 30.3 Å². The molecule has 0 radical (unpaired) electrons. The number of rotatable bonds is 9. The first-order valence-electron chi connectivity index (χ1n) is 11.5. The maximum atomic E-state index is 12.9. The number of carbonyl (C=O) groups is 3. The fraction of sp³-hybridized carbons (Fsp3) is 0.148. The Balaban J connectivity index is 1.46. The summed E-state index contributed by atoms with van der Waals surface area (Å²) in [5.41, 5.74) is 1.79. The van der Waals surface area contributed by atoms with Gasteiger partial charge in [0.15, 0.2) is 9.84 Å². The fourth-order valence-corrected chi connectivity index (χ4v) is 5.23. The predicted molar refractivity (Wildman–Crippen MR) is 146 cm³/mol. The molecule has 39 heavy (non-hydrogen) atoms. The van der Waals surface area contributed by atoms with Crippen molar-refractivity contribution in [2.75, 3.05) is 6.26 Å². The molecule has 3 N–H and O–H groups in total. The number of nitrogens with one attached hydrogen (secondary N) is 2. The van der Waals surface area contributed by atoms with Gasteiger partial charge in [0.2, 0.25) is 0 Å². The number of hydrogen-bond donors (Lipinski definition) is 3. The Morgan fingerprint density at radius 3 is 2.33 bits per heavy atom. The van der Waals surface area contributed by atoms with Gasteiger partial charge in [0.05, 0.1) is 26.8 Å². The van der Waals surface area contributed by atoms with Crippen LogP contribution in [0.5, 0.6) is 0 Å². The second kappa shape index (κ2) is 11.5. The average Bonchev–Trinajstić information content (AvgIpc) is 3.34. The summed E-state index contributed by atoms with van der Waals surface area (Å²) >= 11 is 12.6. The summed E-state index contributed by atoms with van der Waals surface area (Å²) in [4.78, 5) is 37.5. The van der Waals surface area contributed by atoms with Crippen LogP contribution in [0.4, 0.5) is 0 Å². The molecule has 3 aromatic carbocycles. The molecule has 0 aliphatic carbocycles. The van der Waals surface area contributed by atoms with Crippen molar-refractivity contribution in [3.8, 4) is 0 Å². The zero-order valence-electron chi connectivity index (χ0n) is 20.4. The van der Waals surface area contributed by atoms with Gasteiger partial charge in [0.25, 0.3) is 11.8 Å². The number of amides is 2. The van der Waals surface area contributed by atoms with Gasteiger partial charge in [0, 0.05) is 30.2 Å². The van der Waals surface area contributed by atoms with E-state index in [4.69, 9.17) is 27.6 Å². The van der Waals surface area contributed by atoms with Crippen LogP contribution in [-0.4, -0.2) is 43.6 Å². The highest BCUT2D eigenvalue weighted by atomic mass is 35.5. The lowest BCUT2D eigenvalue weighted by atomic mass is 10.0. The first kappa shape index (κ1) is 28.2. The highest BCUT2D eigenvalue weighted by Gasteiger charge is 2.25. The molecule has 4 rings (SSSR count). The molecule has 202 valence electrons. The summed E-state index contributed by atoms with van der Waals surface area (Å²) in [5.74, 6) is -2.70. The Kier molecular flexibility index (Phi) is 8.29. The van der Waals surface area contributed by atoms with Crippen molar-refractivity contribution < 1.29 is 32.3 Å². The van der Waals surface area contributed by atoms with Crippen LogP contribution in [0.3, 0.4) is 0 Å². The number of carboxylic acid groups (broad SMARTS) is 1. The molecule has 4 aromatic rings. The van der Waals surface area contributed by atoms with Gasteiger partial charge in [-0.05, 0) is 47.5 Å². The molecule has 0 saturated carbocycles. The van der Waals surface area contributed by atoms with E-state index in [1.807, 2.05) is 18.2 Å². The van der Waals surface area contributed by atoms with Gasteiger partial charge in [-0.1, -0.05) is 47.5 Å². The Bertz CT molecular complexity index is 1680. The summed E-state index contributed by atoms with van der Waals surface area (Å²) in [6.07, 6.45) is 2.42. The topological polar surface area (TPSA) is 143 Å². The van der Waals surface area contributed by atoms with E-state index in [1.54, 1.807) is 18.4 Å². The zero-order chi connectivity index (χ0) is 28.3. The van der Waals surface area contributed by atoms with Crippen molar-refractivity contribution in [2.45, 2.75) is 23.9 Å².